The minimum Gasteiger partial charge on any atom is -0.397 e. The lowest BCUT2D eigenvalue weighted by atomic mass is 10.0. The number of nitrogen functional groups attached to an aromatic ring is 1. The van der Waals surface area contributed by atoms with Crippen LogP contribution in [0.4, 0.5) is 5.69 Å². The molecule has 0 saturated carbocycles. The third-order valence-electron chi connectivity index (χ3n) is 2.89. The molecule has 1 aromatic heterocycles. The molecular weight excluding hydrogens is 248 g/mol. The van der Waals surface area contributed by atoms with Crippen LogP contribution < -0.4 is 5.73 Å². The topological polar surface area (TPSA) is 56.0 Å². The van der Waals surface area contributed by atoms with Crippen LogP contribution in [0.15, 0.2) is 24.3 Å². The van der Waals surface area contributed by atoms with E-state index in [-0.39, 0.29) is 10.7 Å². The summed E-state index contributed by atoms with van der Waals surface area (Å²) in [6, 6.07) is 7.88. The van der Waals surface area contributed by atoms with Gasteiger partial charge in [0.05, 0.1) is 16.4 Å². The fourth-order valence-corrected chi connectivity index (χ4v) is 1.98. The lowest BCUT2D eigenvalue weighted by Crippen LogP contribution is -2.02. The maximum atomic E-state index is 10.9. The van der Waals surface area contributed by atoms with Gasteiger partial charge in [0.25, 0.3) is 0 Å². The number of carbonyl (C=O) groups excluding carboxylic acids is 1. The van der Waals surface area contributed by atoms with Gasteiger partial charge in [0, 0.05) is 5.56 Å². The molecule has 92 valence electrons. The van der Waals surface area contributed by atoms with Crippen molar-refractivity contribution in [2.75, 3.05) is 5.73 Å². The summed E-state index contributed by atoms with van der Waals surface area (Å²) in [5, 5.41) is 0.221. The molecule has 0 aliphatic carbocycles. The Labute approximate surface area is 111 Å². The molecule has 0 saturated heterocycles. The van der Waals surface area contributed by atoms with Crippen molar-refractivity contribution in [3.05, 3.63) is 46.1 Å². The van der Waals surface area contributed by atoms with Crippen LogP contribution in [0.25, 0.3) is 11.3 Å². The van der Waals surface area contributed by atoms with Crippen LogP contribution in [0, 0.1) is 13.8 Å². The Balaban J connectivity index is 2.67. The number of anilines is 1. The van der Waals surface area contributed by atoms with Gasteiger partial charge < -0.3 is 5.73 Å². The van der Waals surface area contributed by atoms with Crippen LogP contribution in [0.5, 0.6) is 0 Å². The molecule has 1 aromatic carbocycles. The van der Waals surface area contributed by atoms with E-state index in [2.05, 4.69) is 4.98 Å². The Morgan fingerprint density at radius 2 is 1.83 bits per heavy atom. The maximum Gasteiger partial charge on any atom is 0.170 e. The van der Waals surface area contributed by atoms with E-state index in [0.717, 1.165) is 16.7 Å². The first-order valence-corrected chi connectivity index (χ1v) is 5.90. The lowest BCUT2D eigenvalue weighted by Gasteiger charge is -2.11. The van der Waals surface area contributed by atoms with Crippen LogP contribution in [-0.4, -0.2) is 11.3 Å². The third kappa shape index (κ3) is 2.09. The van der Waals surface area contributed by atoms with E-state index < -0.39 is 0 Å². The van der Waals surface area contributed by atoms with E-state index in [4.69, 9.17) is 17.3 Å². The van der Waals surface area contributed by atoms with E-state index in [1.807, 2.05) is 38.1 Å². The highest BCUT2D eigenvalue weighted by Crippen LogP contribution is 2.32. The quantitative estimate of drug-likeness (QED) is 0.842. The molecule has 0 unspecified atom stereocenters. The second-order valence-electron chi connectivity index (χ2n) is 4.18. The van der Waals surface area contributed by atoms with Gasteiger partial charge in [-0.25, -0.2) is 4.98 Å². The van der Waals surface area contributed by atoms with Crippen LogP contribution in [0.2, 0.25) is 5.02 Å². The normalized spacial score (nSPS) is 10.4. The number of hydrogen-bond acceptors (Lipinski definition) is 3. The summed E-state index contributed by atoms with van der Waals surface area (Å²) in [5.41, 5.74) is 10.0. The fourth-order valence-electron chi connectivity index (χ4n) is 1.75. The molecule has 0 spiro atoms. The molecule has 0 radical (unpaired) electrons. The zero-order valence-electron chi connectivity index (χ0n) is 10.2. The monoisotopic (exact) mass is 260 g/mol. The van der Waals surface area contributed by atoms with Gasteiger partial charge >= 0.3 is 0 Å². The SMILES string of the molecule is Cc1ccc(-c2nc(C=O)c(Cl)c(N)c2C)cc1. The number of aromatic nitrogens is 1. The molecule has 0 amide bonds. The van der Waals surface area contributed by atoms with Crippen LogP contribution in [-0.2, 0) is 0 Å². The molecule has 4 heteroatoms. The number of halogens is 1. The highest BCUT2D eigenvalue weighted by molar-refractivity contribution is 6.35. The summed E-state index contributed by atoms with van der Waals surface area (Å²) < 4.78 is 0. The Bertz CT molecular complexity index is 606. The predicted octanol–water partition coefficient (Wildman–Crippen LogP) is 3.41. The van der Waals surface area contributed by atoms with Crippen LogP contribution in [0.3, 0.4) is 0 Å². The molecule has 3 nitrogen and oxygen atoms in total. The number of nitrogens with zero attached hydrogens (tertiary/aromatic N) is 1. The summed E-state index contributed by atoms with van der Waals surface area (Å²) in [4.78, 5) is 15.2. The molecule has 0 bridgehead atoms. The van der Waals surface area contributed by atoms with Gasteiger partial charge in [-0.15, -0.1) is 0 Å². The second kappa shape index (κ2) is 4.78. The van der Waals surface area contributed by atoms with E-state index in [0.29, 0.717) is 17.7 Å². The van der Waals surface area contributed by atoms with E-state index >= 15 is 0 Å². The van der Waals surface area contributed by atoms with Gasteiger partial charge in [0.2, 0.25) is 0 Å². The van der Waals surface area contributed by atoms with Gasteiger partial charge in [-0.2, -0.15) is 0 Å². The van der Waals surface area contributed by atoms with Crippen molar-refractivity contribution >= 4 is 23.6 Å². The average Bonchev–Trinajstić information content (AvgIpc) is 2.38. The number of aryl methyl sites for hydroxylation is 1. The molecule has 0 aliphatic rings. The highest BCUT2D eigenvalue weighted by atomic mass is 35.5. The van der Waals surface area contributed by atoms with Crippen LogP contribution >= 0.6 is 11.6 Å². The first kappa shape index (κ1) is 12.6. The first-order valence-electron chi connectivity index (χ1n) is 5.52. The minimum atomic E-state index is 0.176. The lowest BCUT2D eigenvalue weighted by molar-refractivity contribution is 0.111. The Morgan fingerprint density at radius 1 is 1.22 bits per heavy atom. The van der Waals surface area contributed by atoms with Gasteiger partial charge in [-0.05, 0) is 19.4 Å². The number of nitrogens with two attached hydrogens (primary N) is 1. The number of benzene rings is 1. The number of carbonyl (C=O) groups is 1. The van der Waals surface area contributed by atoms with Crippen LogP contribution in [0.1, 0.15) is 21.6 Å². The summed E-state index contributed by atoms with van der Waals surface area (Å²) in [6.45, 7) is 3.86. The molecule has 0 aliphatic heterocycles. The smallest absolute Gasteiger partial charge is 0.170 e. The highest BCUT2D eigenvalue weighted by Gasteiger charge is 2.14. The summed E-state index contributed by atoms with van der Waals surface area (Å²) in [6.07, 6.45) is 0.621. The standard InChI is InChI=1S/C14H13ClN2O/c1-8-3-5-10(6-4-8)14-9(2)13(16)12(15)11(7-18)17-14/h3-7H,1-2H3,(H2,16,17). The Morgan fingerprint density at radius 3 is 2.39 bits per heavy atom. The van der Waals surface area contributed by atoms with Gasteiger partial charge in [-0.1, -0.05) is 41.4 Å². The molecular formula is C14H13ClN2O. The van der Waals surface area contributed by atoms with Crippen molar-refractivity contribution in [2.24, 2.45) is 0 Å². The van der Waals surface area contributed by atoms with Gasteiger partial charge in [0.1, 0.15) is 5.69 Å². The van der Waals surface area contributed by atoms with Crippen molar-refractivity contribution in [3.63, 3.8) is 0 Å². The molecule has 2 rings (SSSR count). The van der Waals surface area contributed by atoms with E-state index in [1.54, 1.807) is 0 Å². The third-order valence-corrected chi connectivity index (χ3v) is 3.29. The molecule has 0 atom stereocenters. The van der Waals surface area contributed by atoms with Gasteiger partial charge in [-0.3, -0.25) is 4.79 Å². The van der Waals surface area contributed by atoms with E-state index in [1.165, 1.54) is 0 Å². The van der Waals surface area contributed by atoms with Crippen molar-refractivity contribution in [3.8, 4) is 11.3 Å². The zero-order valence-corrected chi connectivity index (χ0v) is 11.0. The summed E-state index contributed by atoms with van der Waals surface area (Å²) in [5.74, 6) is 0. The van der Waals surface area contributed by atoms with Crippen molar-refractivity contribution < 1.29 is 4.79 Å². The minimum absolute atomic E-state index is 0.176. The summed E-state index contributed by atoms with van der Waals surface area (Å²) in [7, 11) is 0. The summed E-state index contributed by atoms with van der Waals surface area (Å²) >= 11 is 5.96. The fraction of sp³-hybridized carbons (Fsp3) is 0.143. The van der Waals surface area contributed by atoms with Crippen molar-refractivity contribution in [2.45, 2.75) is 13.8 Å². The molecule has 2 aromatic rings. The molecule has 2 N–H and O–H groups in total. The van der Waals surface area contributed by atoms with Crippen molar-refractivity contribution in [1.82, 2.24) is 4.98 Å². The Hall–Kier alpha value is -1.87. The van der Waals surface area contributed by atoms with Gasteiger partial charge in [0.15, 0.2) is 6.29 Å². The molecule has 1 heterocycles. The largest absolute Gasteiger partial charge is 0.397 e. The maximum absolute atomic E-state index is 10.9. The second-order valence-corrected chi connectivity index (χ2v) is 4.56. The number of rotatable bonds is 2. The average molecular weight is 261 g/mol. The molecule has 18 heavy (non-hydrogen) atoms. The molecule has 0 fully saturated rings. The predicted molar refractivity (Wildman–Crippen MR) is 74.0 cm³/mol. The first-order chi connectivity index (χ1) is 8.54. The number of hydrogen-bond donors (Lipinski definition) is 1. The number of aldehydes is 1. The number of pyridine rings is 1. The van der Waals surface area contributed by atoms with Crippen molar-refractivity contribution in [1.29, 1.82) is 0 Å². The Kier molecular flexibility index (Phi) is 3.34. The van der Waals surface area contributed by atoms with E-state index in [9.17, 15) is 4.79 Å². The zero-order chi connectivity index (χ0) is 13.3.